The third-order valence-electron chi connectivity index (χ3n) is 12.0. The second-order valence-electron chi connectivity index (χ2n) is 16.5. The number of hydrogen-bond donors (Lipinski definition) is 2. The number of hydrogen-bond acceptors (Lipinski definition) is 8. The SMILES string of the molecule is C.CN1C(=Cc2cc[n+](CCCCCC(=O)CNCCOCCNC(=O)CCCCC[n+]3ccc(C=C4Sc5ccccc5N4C)c4ccccc43)c3ccccc23)Sc2ccccc21. The van der Waals surface area contributed by atoms with E-state index in [1.54, 1.807) is 0 Å². The van der Waals surface area contributed by atoms with Crippen LogP contribution in [-0.2, 0) is 27.4 Å². The quantitative estimate of drug-likeness (QED) is 0.0515. The number of carbonyl (C=O) groups is 2. The second kappa shape index (κ2) is 23.6. The highest BCUT2D eigenvalue weighted by Crippen LogP contribution is 2.46. The Labute approximate surface area is 394 Å². The summed E-state index contributed by atoms with van der Waals surface area (Å²) in [5.41, 5.74) is 7.38. The molecule has 338 valence electrons. The van der Waals surface area contributed by atoms with Crippen molar-refractivity contribution in [2.75, 3.05) is 56.7 Å². The molecule has 0 saturated heterocycles. The van der Waals surface area contributed by atoms with Gasteiger partial charge in [0.25, 0.3) is 0 Å². The molecule has 0 bridgehead atoms. The van der Waals surface area contributed by atoms with Crippen molar-refractivity contribution in [1.82, 2.24) is 10.6 Å². The first kappa shape index (κ1) is 47.5. The van der Waals surface area contributed by atoms with Gasteiger partial charge in [0.15, 0.2) is 12.4 Å². The topological polar surface area (TPSA) is 81.7 Å². The molecule has 11 heteroatoms. The van der Waals surface area contributed by atoms with E-state index in [-0.39, 0.29) is 19.1 Å². The van der Waals surface area contributed by atoms with E-state index in [1.807, 2.05) is 23.5 Å². The Bertz CT molecular complexity index is 2470. The van der Waals surface area contributed by atoms with E-state index in [1.165, 1.54) is 64.2 Å². The van der Waals surface area contributed by atoms with Crippen LogP contribution in [0.1, 0.15) is 69.9 Å². The number of nitrogens with one attached hydrogen (secondary N) is 2. The van der Waals surface area contributed by atoms with Gasteiger partial charge in [0.05, 0.1) is 52.0 Å². The van der Waals surface area contributed by atoms with Gasteiger partial charge in [-0.15, -0.1) is 0 Å². The normalized spacial score (nSPS) is 14.3. The number of carbonyl (C=O) groups excluding carboxylic acids is 2. The predicted octanol–water partition coefficient (Wildman–Crippen LogP) is 10.4. The molecule has 2 N–H and O–H groups in total. The molecule has 8 rings (SSSR count). The van der Waals surface area contributed by atoms with Crippen molar-refractivity contribution in [1.29, 1.82) is 0 Å². The van der Waals surface area contributed by atoms with Crippen molar-refractivity contribution in [3.05, 3.63) is 143 Å². The molecule has 0 fully saturated rings. The molecule has 6 aromatic rings. The van der Waals surface area contributed by atoms with Crippen molar-refractivity contribution in [3.63, 3.8) is 0 Å². The highest BCUT2D eigenvalue weighted by atomic mass is 32.2. The van der Waals surface area contributed by atoms with Crippen LogP contribution in [-0.4, -0.2) is 58.6 Å². The fourth-order valence-electron chi connectivity index (χ4n) is 8.46. The van der Waals surface area contributed by atoms with Crippen LogP contribution in [0.25, 0.3) is 34.0 Å². The van der Waals surface area contributed by atoms with Gasteiger partial charge in [0.1, 0.15) is 18.9 Å². The lowest BCUT2D eigenvalue weighted by molar-refractivity contribution is -0.672. The average Bonchev–Trinajstić information content (AvgIpc) is 3.81. The predicted molar refractivity (Wildman–Crippen MR) is 271 cm³/mol. The minimum absolute atomic E-state index is 0. The van der Waals surface area contributed by atoms with Gasteiger partial charge in [-0.3, -0.25) is 9.59 Å². The number of ketones is 1. The Hall–Kier alpha value is -5.46. The molecule has 0 aliphatic carbocycles. The van der Waals surface area contributed by atoms with Crippen LogP contribution < -0.4 is 29.6 Å². The number of aryl methyl sites for hydroxylation is 2. The summed E-state index contributed by atoms with van der Waals surface area (Å²) in [6.07, 6.45) is 15.8. The minimum Gasteiger partial charge on any atom is -0.378 e. The molecule has 4 aromatic carbocycles. The first-order valence-electron chi connectivity index (χ1n) is 22.8. The lowest BCUT2D eigenvalue weighted by atomic mass is 10.1. The highest BCUT2D eigenvalue weighted by molar-refractivity contribution is 8.04. The maximum absolute atomic E-state index is 12.5. The van der Waals surface area contributed by atoms with Crippen LogP contribution in [0.15, 0.2) is 141 Å². The maximum Gasteiger partial charge on any atom is 0.220 e. The third-order valence-corrected chi connectivity index (χ3v) is 14.3. The molecule has 0 unspecified atom stereocenters. The number of rotatable bonds is 22. The highest BCUT2D eigenvalue weighted by Gasteiger charge is 2.24. The molecule has 0 spiro atoms. The smallest absolute Gasteiger partial charge is 0.220 e. The number of aromatic nitrogens is 2. The third kappa shape index (κ3) is 12.3. The van der Waals surface area contributed by atoms with Crippen LogP contribution in [0.5, 0.6) is 0 Å². The summed E-state index contributed by atoms with van der Waals surface area (Å²) in [7, 11) is 4.27. The van der Waals surface area contributed by atoms with Gasteiger partial charge >= 0.3 is 0 Å². The zero-order chi connectivity index (χ0) is 44.1. The molecule has 4 heterocycles. The van der Waals surface area contributed by atoms with E-state index in [0.717, 1.165) is 51.6 Å². The summed E-state index contributed by atoms with van der Waals surface area (Å²) in [5, 5.41) is 11.1. The Morgan fingerprint density at radius 3 is 1.65 bits per heavy atom. The first-order valence-corrected chi connectivity index (χ1v) is 24.4. The van der Waals surface area contributed by atoms with E-state index >= 15 is 0 Å². The van der Waals surface area contributed by atoms with E-state index in [4.69, 9.17) is 4.74 Å². The van der Waals surface area contributed by atoms with Crippen molar-refractivity contribution in [2.24, 2.45) is 0 Å². The van der Waals surface area contributed by atoms with Crippen LogP contribution in [0.2, 0.25) is 0 Å². The van der Waals surface area contributed by atoms with Gasteiger partial charge in [-0.05, 0) is 85.4 Å². The Morgan fingerprint density at radius 1 is 0.600 bits per heavy atom. The number of Topliss-reactive ketones (excluding diaryl/α,β-unsaturated/α-hetero) is 1. The largest absolute Gasteiger partial charge is 0.378 e. The molecule has 0 radical (unpaired) electrons. The standard InChI is InChI=1S/C53H59N6O3S2.CH4/c1-56-47-22-11-13-24-49(47)63-52(56)37-40-27-33-58(45-20-9-7-18-43(40)45)31-15-3-5-17-42(60)39-54-29-35-62-36-30-55-51(61)26-6-4-16-32-59-34-28-41(44-19-8-10-21-46(44)59)38-53-57(2)48-23-12-14-25-50(48)64-53;/h7-14,18-25,27-28,33-34,37-38,54H,3-6,15-17,26,29-32,35-36,39H2,1-2H3;1H4/q+1;/p+1. The summed E-state index contributed by atoms with van der Waals surface area (Å²) in [6.45, 7) is 4.25. The summed E-state index contributed by atoms with van der Waals surface area (Å²) in [5.74, 6) is 0.299. The molecule has 9 nitrogen and oxygen atoms in total. The first-order chi connectivity index (χ1) is 31.4. The molecule has 2 aliphatic heterocycles. The summed E-state index contributed by atoms with van der Waals surface area (Å²) < 4.78 is 10.4. The van der Waals surface area contributed by atoms with Gasteiger partial charge in [0, 0.05) is 86.9 Å². The number of para-hydroxylation sites is 4. The van der Waals surface area contributed by atoms with Crippen LogP contribution in [0.4, 0.5) is 11.4 Å². The molecule has 0 atom stereocenters. The fourth-order valence-corrected chi connectivity index (χ4v) is 10.7. The molecule has 1 amide bonds. The van der Waals surface area contributed by atoms with Crippen molar-refractivity contribution >= 4 is 80.5 Å². The number of benzene rings is 4. The van der Waals surface area contributed by atoms with Crippen molar-refractivity contribution < 1.29 is 23.5 Å². The fraction of sp³-hybridized carbons (Fsp3) is 0.333. The molecular weight excluding hydrogens is 845 g/mol. The number of nitrogens with zero attached hydrogens (tertiary/aromatic N) is 4. The lowest BCUT2D eigenvalue weighted by Crippen LogP contribution is -2.34. The molecular formula is C54H64N6O3S2+2. The van der Waals surface area contributed by atoms with E-state index in [9.17, 15) is 9.59 Å². The average molecular weight is 909 g/mol. The molecule has 2 aromatic heterocycles. The summed E-state index contributed by atoms with van der Waals surface area (Å²) in [4.78, 5) is 32.1. The van der Waals surface area contributed by atoms with Crippen molar-refractivity contribution in [2.45, 2.75) is 81.7 Å². The number of amides is 1. The van der Waals surface area contributed by atoms with Gasteiger partial charge in [-0.1, -0.05) is 79.5 Å². The number of anilines is 2. The zero-order valence-electron chi connectivity index (χ0n) is 37.1. The number of ether oxygens (including phenoxy) is 1. The number of fused-ring (bicyclic) bond motifs is 4. The molecule has 0 saturated carbocycles. The number of thioether (sulfide) groups is 2. The van der Waals surface area contributed by atoms with E-state index < -0.39 is 0 Å². The van der Waals surface area contributed by atoms with Gasteiger partial charge in [0.2, 0.25) is 16.9 Å². The zero-order valence-corrected chi connectivity index (χ0v) is 38.8. The van der Waals surface area contributed by atoms with E-state index in [2.05, 4.69) is 177 Å². The van der Waals surface area contributed by atoms with Gasteiger partial charge in [-0.2, -0.15) is 9.13 Å². The monoisotopic (exact) mass is 908 g/mol. The molecule has 65 heavy (non-hydrogen) atoms. The van der Waals surface area contributed by atoms with Gasteiger partial charge in [-0.25, -0.2) is 0 Å². The second-order valence-corrected chi connectivity index (χ2v) is 18.6. The Morgan fingerprint density at radius 2 is 1.09 bits per heavy atom. The van der Waals surface area contributed by atoms with Crippen molar-refractivity contribution in [3.8, 4) is 0 Å². The lowest BCUT2D eigenvalue weighted by Gasteiger charge is -2.13. The Balaban J connectivity index is 0.00000630. The van der Waals surface area contributed by atoms with Crippen LogP contribution >= 0.6 is 23.5 Å². The minimum atomic E-state index is 0. The van der Waals surface area contributed by atoms with Crippen LogP contribution in [0, 0.1) is 0 Å². The Kier molecular flexibility index (Phi) is 17.3. The summed E-state index contributed by atoms with van der Waals surface area (Å²) in [6, 6.07) is 38.7. The number of pyridine rings is 2. The number of unbranched alkanes of at least 4 members (excludes halogenated alkanes) is 4. The van der Waals surface area contributed by atoms with Gasteiger partial charge < -0.3 is 25.2 Å². The summed E-state index contributed by atoms with van der Waals surface area (Å²) >= 11 is 3.63. The molecule has 2 aliphatic rings. The van der Waals surface area contributed by atoms with Crippen LogP contribution in [0.3, 0.4) is 0 Å². The van der Waals surface area contributed by atoms with E-state index in [0.29, 0.717) is 45.7 Å². The maximum atomic E-state index is 12.5.